The summed E-state index contributed by atoms with van der Waals surface area (Å²) in [6.45, 7) is 0.144. The highest BCUT2D eigenvalue weighted by Gasteiger charge is 2.38. The van der Waals surface area contributed by atoms with Gasteiger partial charge in [0.15, 0.2) is 0 Å². The summed E-state index contributed by atoms with van der Waals surface area (Å²) in [4.78, 5) is -0.788. The smallest absolute Gasteiger partial charge is 0.335 e. The van der Waals surface area contributed by atoms with Crippen molar-refractivity contribution in [2.24, 2.45) is 13.0 Å². The second kappa shape index (κ2) is 6.45. The van der Waals surface area contributed by atoms with E-state index < -0.39 is 26.7 Å². The summed E-state index contributed by atoms with van der Waals surface area (Å²) >= 11 is 0. The van der Waals surface area contributed by atoms with Gasteiger partial charge in [-0.1, -0.05) is 6.07 Å². The third-order valence-electron chi connectivity index (χ3n) is 4.37. The van der Waals surface area contributed by atoms with Crippen molar-refractivity contribution in [3.05, 3.63) is 41.6 Å². The molecule has 0 radical (unpaired) electrons. The van der Waals surface area contributed by atoms with Crippen LogP contribution in [0.4, 0.5) is 13.2 Å². The lowest BCUT2D eigenvalue weighted by Crippen LogP contribution is -2.28. The zero-order valence-electron chi connectivity index (χ0n) is 13.8. The molecular formula is C17H16F3N3O2S. The molecule has 0 aliphatic heterocycles. The molecule has 1 aromatic heterocycles. The molecule has 1 N–H and O–H groups in total. The Labute approximate surface area is 149 Å². The number of nitriles is 1. The number of hydrogen-bond acceptors (Lipinski definition) is 3. The molecule has 0 atom stereocenters. The van der Waals surface area contributed by atoms with Crippen molar-refractivity contribution in [2.45, 2.75) is 23.9 Å². The predicted molar refractivity (Wildman–Crippen MR) is 88.5 cm³/mol. The van der Waals surface area contributed by atoms with E-state index in [1.54, 1.807) is 7.05 Å². The highest BCUT2D eigenvalue weighted by Crippen LogP contribution is 2.37. The molecule has 1 aromatic carbocycles. The van der Waals surface area contributed by atoms with E-state index in [2.05, 4.69) is 4.72 Å². The summed E-state index contributed by atoms with van der Waals surface area (Å²) in [5, 5.41) is 8.98. The fraction of sp³-hybridized carbons (Fsp3) is 0.353. The van der Waals surface area contributed by atoms with Gasteiger partial charge in [0, 0.05) is 19.3 Å². The van der Waals surface area contributed by atoms with Crippen molar-refractivity contribution >= 4 is 10.0 Å². The van der Waals surface area contributed by atoms with Gasteiger partial charge in [0.05, 0.1) is 10.5 Å². The lowest BCUT2D eigenvalue weighted by atomic mass is 10.1. The van der Waals surface area contributed by atoms with E-state index in [4.69, 9.17) is 5.26 Å². The van der Waals surface area contributed by atoms with Crippen molar-refractivity contribution < 1.29 is 21.6 Å². The number of sulfonamides is 1. The molecule has 1 aliphatic carbocycles. The van der Waals surface area contributed by atoms with Crippen LogP contribution in [0, 0.1) is 17.2 Å². The molecule has 0 spiro atoms. The van der Waals surface area contributed by atoms with Gasteiger partial charge in [0.2, 0.25) is 10.0 Å². The van der Waals surface area contributed by atoms with E-state index in [0.717, 1.165) is 25.0 Å². The van der Waals surface area contributed by atoms with Crippen molar-refractivity contribution in [1.29, 1.82) is 5.26 Å². The van der Waals surface area contributed by atoms with E-state index >= 15 is 0 Å². The van der Waals surface area contributed by atoms with Gasteiger partial charge >= 0.3 is 6.18 Å². The van der Waals surface area contributed by atoms with E-state index in [9.17, 15) is 21.6 Å². The van der Waals surface area contributed by atoms with Gasteiger partial charge in [-0.25, -0.2) is 13.1 Å². The summed E-state index contributed by atoms with van der Waals surface area (Å²) in [6.07, 6.45) is -3.08. The third kappa shape index (κ3) is 3.61. The zero-order valence-corrected chi connectivity index (χ0v) is 14.7. The molecule has 26 heavy (non-hydrogen) atoms. The Morgan fingerprint density at radius 1 is 1.27 bits per heavy atom. The molecule has 1 saturated carbocycles. The lowest BCUT2D eigenvalue weighted by Gasteiger charge is -2.16. The lowest BCUT2D eigenvalue weighted by molar-refractivity contribution is -0.139. The number of aromatic nitrogens is 1. The minimum atomic E-state index is -4.83. The third-order valence-corrected chi connectivity index (χ3v) is 5.85. The van der Waals surface area contributed by atoms with Crippen molar-refractivity contribution in [3.63, 3.8) is 0 Å². The fourth-order valence-electron chi connectivity index (χ4n) is 2.69. The quantitative estimate of drug-likeness (QED) is 0.861. The Morgan fingerprint density at radius 3 is 2.50 bits per heavy atom. The van der Waals surface area contributed by atoms with Crippen LogP contribution in [0.5, 0.6) is 0 Å². The molecule has 0 unspecified atom stereocenters. The minimum absolute atomic E-state index is 0.144. The Hall–Kier alpha value is -2.31. The van der Waals surface area contributed by atoms with Crippen LogP contribution in [0.3, 0.4) is 0 Å². The van der Waals surface area contributed by atoms with Crippen LogP contribution in [0.2, 0.25) is 0 Å². The molecule has 0 bridgehead atoms. The molecular weight excluding hydrogens is 367 g/mol. The highest BCUT2D eigenvalue weighted by molar-refractivity contribution is 7.89. The Balaban J connectivity index is 2.06. The molecule has 1 fully saturated rings. The Bertz CT molecular complexity index is 984. The predicted octanol–water partition coefficient (Wildman–Crippen LogP) is 3.27. The molecule has 5 nitrogen and oxygen atoms in total. The topological polar surface area (TPSA) is 74.9 Å². The van der Waals surface area contributed by atoms with Crippen LogP contribution in [0.25, 0.3) is 11.3 Å². The second-order valence-electron chi connectivity index (χ2n) is 6.28. The zero-order chi connectivity index (χ0) is 19.1. The molecule has 1 heterocycles. The monoisotopic (exact) mass is 383 g/mol. The van der Waals surface area contributed by atoms with Crippen LogP contribution in [-0.4, -0.2) is 19.5 Å². The van der Waals surface area contributed by atoms with E-state index in [0.29, 0.717) is 5.69 Å². The Kier molecular flexibility index (Phi) is 4.58. The maximum atomic E-state index is 13.5. The van der Waals surface area contributed by atoms with Gasteiger partial charge < -0.3 is 4.57 Å². The molecule has 1 aliphatic rings. The van der Waals surface area contributed by atoms with Crippen LogP contribution < -0.4 is 4.72 Å². The highest BCUT2D eigenvalue weighted by atomic mass is 32.2. The second-order valence-corrected chi connectivity index (χ2v) is 8.01. The van der Waals surface area contributed by atoms with Crippen molar-refractivity contribution in [3.8, 4) is 17.3 Å². The first kappa shape index (κ1) is 18.5. The van der Waals surface area contributed by atoms with Gasteiger partial charge in [-0.15, -0.1) is 0 Å². The minimum Gasteiger partial charge on any atom is -0.335 e. The summed E-state index contributed by atoms with van der Waals surface area (Å²) in [5.41, 5.74) is -0.362. The van der Waals surface area contributed by atoms with Crippen LogP contribution in [0.15, 0.2) is 35.2 Å². The van der Waals surface area contributed by atoms with Crippen LogP contribution in [-0.2, 0) is 23.2 Å². The number of hydrogen-bond donors (Lipinski definition) is 1. The van der Waals surface area contributed by atoms with Crippen molar-refractivity contribution in [1.82, 2.24) is 9.29 Å². The van der Waals surface area contributed by atoms with E-state index in [1.165, 1.54) is 22.8 Å². The molecule has 0 saturated heterocycles. The van der Waals surface area contributed by atoms with E-state index in [1.807, 2.05) is 6.07 Å². The molecule has 2 aromatic rings. The number of alkyl halides is 3. The van der Waals surface area contributed by atoms with Gasteiger partial charge in [0.1, 0.15) is 11.8 Å². The maximum Gasteiger partial charge on any atom is 0.417 e. The normalized spacial score (nSPS) is 15.0. The first-order valence-corrected chi connectivity index (χ1v) is 9.39. The van der Waals surface area contributed by atoms with Gasteiger partial charge in [-0.2, -0.15) is 18.4 Å². The molecule has 3 rings (SSSR count). The van der Waals surface area contributed by atoms with E-state index in [-0.39, 0.29) is 23.7 Å². The number of halogens is 3. The van der Waals surface area contributed by atoms with Crippen LogP contribution >= 0.6 is 0 Å². The van der Waals surface area contributed by atoms with Gasteiger partial charge in [0.25, 0.3) is 0 Å². The maximum absolute atomic E-state index is 13.5. The summed E-state index contributed by atoms with van der Waals surface area (Å²) in [5.74, 6) is 0.200. The molecule has 138 valence electrons. The fourth-order valence-corrected chi connectivity index (χ4v) is 4.01. The van der Waals surface area contributed by atoms with Gasteiger partial charge in [-0.3, -0.25) is 0 Å². The molecule has 0 amide bonds. The number of nitrogens with zero attached hydrogens (tertiary/aromatic N) is 2. The van der Waals surface area contributed by atoms with Crippen LogP contribution in [0.1, 0.15) is 24.1 Å². The number of benzene rings is 1. The number of nitrogens with one attached hydrogen (secondary N) is 1. The summed E-state index contributed by atoms with van der Waals surface area (Å²) < 4.78 is 68.9. The SMILES string of the molecule is Cn1c(C#N)ccc1-c1ccc(S(=O)(=O)NCC2CC2)c(C(F)(F)F)c1. The summed E-state index contributed by atoms with van der Waals surface area (Å²) in [7, 11) is -2.71. The largest absolute Gasteiger partial charge is 0.417 e. The average Bonchev–Trinajstić information content (AvgIpc) is 3.33. The molecule has 9 heteroatoms. The standard InChI is InChI=1S/C17H16F3N3O2S/c1-23-13(9-21)5-6-15(23)12-4-7-16(14(8-12)17(18,19)20)26(24,25)22-10-11-2-3-11/h4-8,11,22H,2-3,10H2,1H3. The first-order valence-electron chi connectivity index (χ1n) is 7.90. The van der Waals surface area contributed by atoms with Crippen molar-refractivity contribution in [2.75, 3.05) is 6.54 Å². The number of rotatable bonds is 5. The Morgan fingerprint density at radius 2 is 1.96 bits per heavy atom. The average molecular weight is 383 g/mol. The summed E-state index contributed by atoms with van der Waals surface area (Å²) in [6, 6.07) is 8.04. The first-order chi connectivity index (χ1) is 12.1. The van der Waals surface area contributed by atoms with Gasteiger partial charge in [-0.05, 0) is 48.6 Å².